The number of carbonyl (C=O) groups excluding carboxylic acids is 1. The van der Waals surface area contributed by atoms with Crippen molar-refractivity contribution in [1.82, 2.24) is 10.6 Å². The van der Waals surface area contributed by atoms with Crippen molar-refractivity contribution >= 4 is 6.09 Å². The molecule has 0 unspecified atom stereocenters. The summed E-state index contributed by atoms with van der Waals surface area (Å²) in [4.78, 5) is 11.7. The largest absolute Gasteiger partial charge is 0.445 e. The van der Waals surface area contributed by atoms with Crippen LogP contribution in [0.5, 0.6) is 0 Å². The van der Waals surface area contributed by atoms with Crippen molar-refractivity contribution in [3.63, 3.8) is 0 Å². The summed E-state index contributed by atoms with van der Waals surface area (Å²) >= 11 is 0. The standard InChI is InChI=1S/C18H26N2O2/c21-18(22-13-15-8-2-1-3-9-15)20-17-10-16(11-17)19-12-14-6-4-5-7-14/h1-3,8-9,14,16-17,19H,4-7,10-13H2,(H,20,21). The Labute approximate surface area is 132 Å². The molecular formula is C18H26N2O2. The molecule has 2 aliphatic rings. The molecule has 1 amide bonds. The molecule has 0 atom stereocenters. The fourth-order valence-electron chi connectivity index (χ4n) is 3.38. The molecule has 2 aliphatic carbocycles. The maximum atomic E-state index is 11.7. The number of ether oxygens (including phenoxy) is 1. The Balaban J connectivity index is 1.26. The Kier molecular flexibility index (Phi) is 5.33. The topological polar surface area (TPSA) is 50.4 Å². The van der Waals surface area contributed by atoms with Crippen LogP contribution in [0.4, 0.5) is 4.79 Å². The summed E-state index contributed by atoms with van der Waals surface area (Å²) < 4.78 is 5.24. The van der Waals surface area contributed by atoms with E-state index in [2.05, 4.69) is 10.6 Å². The minimum Gasteiger partial charge on any atom is -0.445 e. The van der Waals surface area contributed by atoms with Crippen molar-refractivity contribution in [3.05, 3.63) is 35.9 Å². The van der Waals surface area contributed by atoms with Gasteiger partial charge in [0.1, 0.15) is 6.61 Å². The van der Waals surface area contributed by atoms with Crippen LogP contribution in [0.3, 0.4) is 0 Å². The highest BCUT2D eigenvalue weighted by molar-refractivity contribution is 5.67. The van der Waals surface area contributed by atoms with Gasteiger partial charge in [-0.3, -0.25) is 0 Å². The average molecular weight is 302 g/mol. The number of amides is 1. The number of hydrogen-bond donors (Lipinski definition) is 2. The molecule has 3 rings (SSSR count). The van der Waals surface area contributed by atoms with E-state index in [0.29, 0.717) is 12.6 Å². The zero-order valence-corrected chi connectivity index (χ0v) is 13.1. The van der Waals surface area contributed by atoms with Crippen LogP contribution in [0.2, 0.25) is 0 Å². The number of carbonyl (C=O) groups is 1. The fourth-order valence-corrected chi connectivity index (χ4v) is 3.38. The molecule has 4 heteroatoms. The molecule has 1 aromatic carbocycles. The highest BCUT2D eigenvalue weighted by Crippen LogP contribution is 2.26. The first-order valence-electron chi connectivity index (χ1n) is 8.50. The minimum absolute atomic E-state index is 0.268. The third-order valence-electron chi connectivity index (χ3n) is 4.84. The summed E-state index contributed by atoms with van der Waals surface area (Å²) in [7, 11) is 0. The summed E-state index contributed by atoms with van der Waals surface area (Å²) in [6, 6.07) is 10.6. The van der Waals surface area contributed by atoms with Gasteiger partial charge < -0.3 is 15.4 Å². The third kappa shape index (κ3) is 4.47. The first-order valence-corrected chi connectivity index (χ1v) is 8.50. The Morgan fingerprint density at radius 1 is 1.09 bits per heavy atom. The lowest BCUT2D eigenvalue weighted by Gasteiger charge is -2.36. The van der Waals surface area contributed by atoms with Crippen molar-refractivity contribution in [1.29, 1.82) is 0 Å². The SMILES string of the molecule is O=C(NC1CC(NCC2CCCC2)C1)OCc1ccccc1. The zero-order chi connectivity index (χ0) is 15.2. The van der Waals surface area contributed by atoms with Crippen LogP contribution in [-0.4, -0.2) is 24.7 Å². The van der Waals surface area contributed by atoms with Gasteiger partial charge in [-0.2, -0.15) is 0 Å². The molecule has 2 fully saturated rings. The summed E-state index contributed by atoms with van der Waals surface area (Å²) in [6.07, 6.45) is 7.30. The van der Waals surface area contributed by atoms with Gasteiger partial charge >= 0.3 is 6.09 Å². The van der Waals surface area contributed by atoms with E-state index in [0.717, 1.165) is 30.9 Å². The van der Waals surface area contributed by atoms with Gasteiger partial charge in [-0.15, -0.1) is 0 Å². The second-order valence-electron chi connectivity index (χ2n) is 6.63. The lowest BCUT2D eigenvalue weighted by molar-refractivity contribution is 0.125. The molecule has 120 valence electrons. The molecular weight excluding hydrogens is 276 g/mol. The van der Waals surface area contributed by atoms with E-state index in [-0.39, 0.29) is 12.1 Å². The molecule has 0 aromatic heterocycles. The van der Waals surface area contributed by atoms with E-state index in [4.69, 9.17) is 4.74 Å². The van der Waals surface area contributed by atoms with Crippen molar-refractivity contribution in [2.75, 3.05) is 6.54 Å². The molecule has 0 aliphatic heterocycles. The van der Waals surface area contributed by atoms with Crippen LogP contribution >= 0.6 is 0 Å². The maximum absolute atomic E-state index is 11.7. The molecule has 0 bridgehead atoms. The molecule has 0 radical (unpaired) electrons. The lowest BCUT2D eigenvalue weighted by atomic mass is 9.86. The minimum atomic E-state index is -0.303. The van der Waals surface area contributed by atoms with Gasteiger partial charge in [0, 0.05) is 12.1 Å². The van der Waals surface area contributed by atoms with Crippen molar-refractivity contribution in [2.24, 2.45) is 5.92 Å². The third-order valence-corrected chi connectivity index (χ3v) is 4.84. The van der Waals surface area contributed by atoms with Crippen LogP contribution in [-0.2, 0) is 11.3 Å². The van der Waals surface area contributed by atoms with Gasteiger partial charge in [-0.1, -0.05) is 43.2 Å². The van der Waals surface area contributed by atoms with Crippen molar-refractivity contribution in [2.45, 2.75) is 57.2 Å². The van der Waals surface area contributed by atoms with E-state index >= 15 is 0 Å². The molecule has 0 saturated heterocycles. The van der Waals surface area contributed by atoms with E-state index in [9.17, 15) is 4.79 Å². The number of nitrogens with one attached hydrogen (secondary N) is 2. The number of rotatable bonds is 6. The van der Waals surface area contributed by atoms with Crippen LogP contribution in [0, 0.1) is 5.92 Å². The molecule has 2 saturated carbocycles. The molecule has 0 spiro atoms. The Hall–Kier alpha value is -1.55. The monoisotopic (exact) mass is 302 g/mol. The predicted molar refractivity (Wildman–Crippen MR) is 86.5 cm³/mol. The Morgan fingerprint density at radius 3 is 2.55 bits per heavy atom. The first-order chi connectivity index (χ1) is 10.8. The van der Waals surface area contributed by atoms with Gasteiger partial charge in [0.25, 0.3) is 0 Å². The van der Waals surface area contributed by atoms with E-state index < -0.39 is 0 Å². The predicted octanol–water partition coefficient (Wildman–Crippen LogP) is 3.22. The molecule has 0 heterocycles. The summed E-state index contributed by atoms with van der Waals surface area (Å²) in [5.41, 5.74) is 1.02. The van der Waals surface area contributed by atoms with E-state index in [1.165, 1.54) is 25.7 Å². The maximum Gasteiger partial charge on any atom is 0.407 e. The average Bonchev–Trinajstić information content (AvgIpc) is 3.01. The Bertz CT molecular complexity index is 465. The highest BCUT2D eigenvalue weighted by Gasteiger charge is 2.31. The highest BCUT2D eigenvalue weighted by atomic mass is 16.5. The van der Waals surface area contributed by atoms with E-state index in [1.807, 2.05) is 30.3 Å². The summed E-state index contributed by atoms with van der Waals surface area (Å²) in [5, 5.41) is 6.57. The van der Waals surface area contributed by atoms with Gasteiger partial charge in [-0.05, 0) is 43.7 Å². The number of hydrogen-bond acceptors (Lipinski definition) is 3. The van der Waals surface area contributed by atoms with E-state index in [1.54, 1.807) is 0 Å². The first kappa shape index (κ1) is 15.3. The van der Waals surface area contributed by atoms with Crippen molar-refractivity contribution in [3.8, 4) is 0 Å². The summed E-state index contributed by atoms with van der Waals surface area (Å²) in [6.45, 7) is 1.48. The second-order valence-corrected chi connectivity index (χ2v) is 6.63. The van der Waals surface area contributed by atoms with Crippen molar-refractivity contribution < 1.29 is 9.53 Å². The fraction of sp³-hybridized carbons (Fsp3) is 0.611. The van der Waals surface area contributed by atoms with Crippen LogP contribution < -0.4 is 10.6 Å². The molecule has 2 N–H and O–H groups in total. The normalized spacial score (nSPS) is 24.7. The van der Waals surface area contributed by atoms with Crippen LogP contribution in [0.25, 0.3) is 0 Å². The quantitative estimate of drug-likeness (QED) is 0.848. The van der Waals surface area contributed by atoms with Gasteiger partial charge in [-0.25, -0.2) is 4.79 Å². The Morgan fingerprint density at radius 2 is 1.82 bits per heavy atom. The number of benzene rings is 1. The lowest BCUT2D eigenvalue weighted by Crippen LogP contribution is -2.53. The van der Waals surface area contributed by atoms with Gasteiger partial charge in [0.05, 0.1) is 0 Å². The molecule has 4 nitrogen and oxygen atoms in total. The summed E-state index contributed by atoms with van der Waals surface area (Å²) in [5.74, 6) is 0.878. The van der Waals surface area contributed by atoms with Gasteiger partial charge in [0.2, 0.25) is 0 Å². The zero-order valence-electron chi connectivity index (χ0n) is 13.1. The van der Waals surface area contributed by atoms with Crippen LogP contribution in [0.15, 0.2) is 30.3 Å². The second kappa shape index (κ2) is 7.63. The molecule has 22 heavy (non-hydrogen) atoms. The number of alkyl carbamates (subject to hydrolysis) is 1. The smallest absolute Gasteiger partial charge is 0.407 e. The molecule has 1 aromatic rings. The van der Waals surface area contributed by atoms with Crippen LogP contribution in [0.1, 0.15) is 44.1 Å². The van der Waals surface area contributed by atoms with Gasteiger partial charge in [0.15, 0.2) is 0 Å².